The third kappa shape index (κ3) is 11.1. The number of carboxylic acid groups (broad SMARTS) is 1. The first kappa shape index (κ1) is 41.3. The largest absolute Gasteiger partial charge is 0.480 e. The second-order valence-corrected chi connectivity index (χ2v) is 15.2. The van der Waals surface area contributed by atoms with Crippen LogP contribution in [0.5, 0.6) is 0 Å². The highest BCUT2D eigenvalue weighted by Gasteiger charge is 2.45. The summed E-state index contributed by atoms with van der Waals surface area (Å²) < 4.78 is 8.11. The van der Waals surface area contributed by atoms with Crippen LogP contribution in [-0.4, -0.2) is 111 Å². The number of fused-ring (bicyclic) bond motifs is 4. The SMILES string of the molecule is CCCC(NC(=O)[C@@H]1C[C@@H]2CN1C(=O)[C@H](C1CCCCC1)NC(=O)Cc1cn(cn1)CCCCO2)C(=O)C(=O)NCC(=O)N[C@H](C(=O)O)C1C=CC=CC1C. The van der Waals surface area contributed by atoms with E-state index in [9.17, 15) is 38.7 Å². The number of hydrogen-bond donors (Lipinski definition) is 5. The van der Waals surface area contributed by atoms with E-state index in [0.717, 1.165) is 44.9 Å². The number of nitrogens with one attached hydrogen (secondary N) is 4. The lowest BCUT2D eigenvalue weighted by molar-refractivity contribution is -0.145. The van der Waals surface area contributed by atoms with Crippen molar-refractivity contribution in [3.05, 3.63) is 42.5 Å². The van der Waals surface area contributed by atoms with Crippen molar-refractivity contribution in [1.82, 2.24) is 35.7 Å². The predicted octanol–water partition coefficient (Wildman–Crippen LogP) is 1.19. The molecule has 2 aliphatic carbocycles. The Balaban J connectivity index is 1.26. The van der Waals surface area contributed by atoms with Gasteiger partial charge in [0, 0.05) is 38.2 Å². The number of aliphatic carboxylic acids is 1. The maximum absolute atomic E-state index is 14.5. The highest BCUT2D eigenvalue weighted by molar-refractivity contribution is 6.38. The van der Waals surface area contributed by atoms with E-state index in [4.69, 9.17) is 4.74 Å². The summed E-state index contributed by atoms with van der Waals surface area (Å²) in [4.78, 5) is 98.9. The van der Waals surface area contributed by atoms with Crippen LogP contribution in [0.25, 0.3) is 0 Å². The van der Waals surface area contributed by atoms with Gasteiger partial charge in [0.1, 0.15) is 18.1 Å². The summed E-state index contributed by atoms with van der Waals surface area (Å²) >= 11 is 0. The Kier molecular flexibility index (Phi) is 14.8. The van der Waals surface area contributed by atoms with E-state index in [1.165, 1.54) is 4.90 Å². The zero-order valence-electron chi connectivity index (χ0n) is 31.7. The fraction of sp³-hybridized carbons (Fsp3) is 0.641. The number of allylic oxidation sites excluding steroid dienone is 3. The van der Waals surface area contributed by atoms with Crippen LogP contribution >= 0.6 is 0 Å². The first-order valence-corrected chi connectivity index (χ1v) is 19.7. The molecule has 4 bridgehead atoms. The monoisotopic (exact) mass is 765 g/mol. The van der Waals surface area contributed by atoms with Crippen molar-refractivity contribution >= 4 is 41.3 Å². The molecule has 1 saturated carbocycles. The molecule has 1 aromatic heterocycles. The number of aromatic nitrogens is 2. The number of rotatable bonds is 12. The lowest BCUT2D eigenvalue weighted by Gasteiger charge is -2.34. The Morgan fingerprint density at radius 1 is 1.04 bits per heavy atom. The molecule has 55 heavy (non-hydrogen) atoms. The van der Waals surface area contributed by atoms with Crippen LogP contribution in [0, 0.1) is 17.8 Å². The molecular weight excluding hydrogens is 710 g/mol. The fourth-order valence-electron chi connectivity index (χ4n) is 8.02. The summed E-state index contributed by atoms with van der Waals surface area (Å²) in [7, 11) is 0. The van der Waals surface area contributed by atoms with Gasteiger partial charge in [0.2, 0.25) is 29.4 Å². The predicted molar refractivity (Wildman–Crippen MR) is 199 cm³/mol. The molecule has 0 spiro atoms. The van der Waals surface area contributed by atoms with Gasteiger partial charge in [0.05, 0.1) is 37.1 Å². The first-order chi connectivity index (χ1) is 26.4. The summed E-state index contributed by atoms with van der Waals surface area (Å²) in [6.07, 6.45) is 16.7. The van der Waals surface area contributed by atoms with E-state index in [1.807, 2.05) is 23.8 Å². The molecule has 0 radical (unpaired) electrons. The number of ketones is 1. The van der Waals surface area contributed by atoms with E-state index >= 15 is 0 Å². The van der Waals surface area contributed by atoms with Gasteiger partial charge in [-0.2, -0.15) is 0 Å². The van der Waals surface area contributed by atoms with Crippen LogP contribution in [0.2, 0.25) is 0 Å². The van der Waals surface area contributed by atoms with Gasteiger partial charge in [-0.05, 0) is 43.9 Å². The summed E-state index contributed by atoms with van der Waals surface area (Å²) in [5.41, 5.74) is 0.596. The fourth-order valence-corrected chi connectivity index (χ4v) is 8.02. The van der Waals surface area contributed by atoms with Crippen molar-refractivity contribution in [2.24, 2.45) is 17.8 Å². The lowest BCUT2D eigenvalue weighted by Crippen LogP contribution is -2.58. The van der Waals surface area contributed by atoms with Gasteiger partial charge in [-0.1, -0.05) is 63.8 Å². The summed E-state index contributed by atoms with van der Waals surface area (Å²) in [5.74, 6) is -6.25. The average Bonchev–Trinajstić information content (AvgIpc) is 3.81. The van der Waals surface area contributed by atoms with Crippen molar-refractivity contribution in [3.63, 3.8) is 0 Å². The van der Waals surface area contributed by atoms with Crippen molar-refractivity contribution < 1.29 is 43.4 Å². The zero-order chi connectivity index (χ0) is 39.5. The highest BCUT2D eigenvalue weighted by Crippen LogP contribution is 2.30. The van der Waals surface area contributed by atoms with Gasteiger partial charge in [-0.25, -0.2) is 9.78 Å². The lowest BCUT2D eigenvalue weighted by atomic mass is 9.83. The first-order valence-electron chi connectivity index (χ1n) is 19.7. The van der Waals surface area contributed by atoms with Gasteiger partial charge in [0.15, 0.2) is 0 Å². The number of carboxylic acids is 1. The van der Waals surface area contributed by atoms with Gasteiger partial charge in [0.25, 0.3) is 5.91 Å². The average molecular weight is 766 g/mol. The second kappa shape index (κ2) is 19.6. The van der Waals surface area contributed by atoms with Crippen LogP contribution in [0.3, 0.4) is 0 Å². The third-order valence-corrected chi connectivity index (χ3v) is 11.0. The highest BCUT2D eigenvalue weighted by atomic mass is 16.5. The Morgan fingerprint density at radius 3 is 2.53 bits per heavy atom. The molecule has 1 saturated heterocycles. The number of imidazole rings is 1. The van der Waals surface area contributed by atoms with Gasteiger partial charge < -0.3 is 40.6 Å². The van der Waals surface area contributed by atoms with Crippen molar-refractivity contribution in [2.45, 2.75) is 121 Å². The molecular formula is C39H55N7O9. The number of nitrogens with zero attached hydrogens (tertiary/aromatic N) is 3. The van der Waals surface area contributed by atoms with Crippen LogP contribution in [-0.2, 0) is 51.3 Å². The molecule has 5 N–H and O–H groups in total. The Labute approximate surface area is 321 Å². The summed E-state index contributed by atoms with van der Waals surface area (Å²) in [6.45, 7) is 4.20. The number of amides is 5. The molecule has 3 heterocycles. The van der Waals surface area contributed by atoms with Crippen molar-refractivity contribution in [3.8, 4) is 0 Å². The summed E-state index contributed by atoms with van der Waals surface area (Å²) in [5, 5.41) is 20.1. The molecule has 2 fully saturated rings. The molecule has 5 amide bonds. The number of ether oxygens (including phenoxy) is 1. The molecule has 16 nitrogen and oxygen atoms in total. The number of Topliss-reactive ketones (excluding diaryl/α,β-unsaturated/α-hetero) is 1. The van der Waals surface area contributed by atoms with Crippen LogP contribution in [0.4, 0.5) is 0 Å². The van der Waals surface area contributed by atoms with Crippen LogP contribution < -0.4 is 21.3 Å². The zero-order valence-corrected chi connectivity index (χ0v) is 31.7. The Morgan fingerprint density at radius 2 is 1.80 bits per heavy atom. The van der Waals surface area contributed by atoms with Gasteiger partial charge in [-0.3, -0.25) is 28.8 Å². The molecule has 0 aromatic carbocycles. The van der Waals surface area contributed by atoms with Crippen molar-refractivity contribution in [2.75, 3.05) is 19.7 Å². The molecule has 300 valence electrons. The quantitative estimate of drug-likeness (QED) is 0.192. The minimum absolute atomic E-state index is 0.0124. The number of hydrogen-bond acceptors (Lipinski definition) is 9. The normalized spacial score (nSPS) is 26.1. The van der Waals surface area contributed by atoms with E-state index in [1.54, 1.807) is 31.5 Å². The van der Waals surface area contributed by atoms with E-state index in [2.05, 4.69) is 26.3 Å². The number of carbonyl (C=O) groups excluding carboxylic acids is 6. The maximum Gasteiger partial charge on any atom is 0.326 e. The smallest absolute Gasteiger partial charge is 0.326 e. The van der Waals surface area contributed by atoms with Gasteiger partial charge >= 0.3 is 5.97 Å². The van der Waals surface area contributed by atoms with Crippen molar-refractivity contribution in [1.29, 1.82) is 0 Å². The Bertz CT molecular complexity index is 1630. The number of carbonyl (C=O) groups is 7. The third-order valence-electron chi connectivity index (χ3n) is 11.0. The van der Waals surface area contributed by atoms with E-state index < -0.39 is 72.2 Å². The van der Waals surface area contributed by atoms with Crippen LogP contribution in [0.15, 0.2) is 36.8 Å². The molecule has 7 atom stereocenters. The molecule has 4 aliphatic rings. The maximum atomic E-state index is 14.5. The molecule has 2 aliphatic heterocycles. The molecule has 16 heteroatoms. The standard InChI is InChI=1S/C39H55N7O9/c1-3-11-29(35(49)37(51)40-20-32(48)44-34(39(53)54)28-15-8-7-12-24(28)2)42-36(50)30-19-27-22-46(30)38(52)33(25-13-5-4-6-14-25)43-31(47)18-26-21-45(23-41-26)16-9-10-17-55-27/h7-8,12,15,21,23-25,27-30,33-34H,3-6,9-11,13-14,16-20,22H2,1-2H3,(H,40,51)(H,42,50)(H,43,47)(H,44,48)(H,53,54)/t24?,27-,28?,29?,30+,33+,34+/m1/s1. The van der Waals surface area contributed by atoms with E-state index in [0.29, 0.717) is 25.3 Å². The molecule has 1 aromatic rings. The second-order valence-electron chi connectivity index (χ2n) is 15.2. The van der Waals surface area contributed by atoms with Crippen LogP contribution in [0.1, 0.15) is 83.7 Å². The topological polar surface area (TPSA) is 218 Å². The molecule has 3 unspecified atom stereocenters. The van der Waals surface area contributed by atoms with E-state index in [-0.39, 0.29) is 49.5 Å². The van der Waals surface area contributed by atoms with Gasteiger partial charge in [-0.15, -0.1) is 0 Å². The minimum Gasteiger partial charge on any atom is -0.480 e. The minimum atomic E-state index is -1.25. The Hall–Kier alpha value is -4.86. The summed E-state index contributed by atoms with van der Waals surface area (Å²) in [6, 6.07) is -4.39. The molecule has 5 rings (SSSR count). The number of aryl methyl sites for hydroxylation is 1.